The number of nitrogens with zero attached hydrogens (tertiary/aromatic N) is 4. The van der Waals surface area contributed by atoms with Crippen molar-refractivity contribution in [2.45, 2.75) is 56.8 Å². The quantitative estimate of drug-likeness (QED) is 0.183. The van der Waals surface area contributed by atoms with Crippen LogP contribution in [0.25, 0.3) is 6.08 Å². The van der Waals surface area contributed by atoms with Crippen LogP contribution in [0.15, 0.2) is 72.1 Å². The van der Waals surface area contributed by atoms with Crippen molar-refractivity contribution in [2.75, 3.05) is 20.8 Å². The zero-order chi connectivity index (χ0) is 30.7. The summed E-state index contributed by atoms with van der Waals surface area (Å²) in [6, 6.07) is 9.98. The van der Waals surface area contributed by atoms with Crippen LogP contribution in [-0.2, 0) is 9.53 Å². The van der Waals surface area contributed by atoms with Crippen molar-refractivity contribution in [1.82, 2.24) is 14.5 Å². The highest BCUT2D eigenvalue weighted by molar-refractivity contribution is 7.99. The fourth-order valence-corrected chi connectivity index (χ4v) is 6.73. The highest BCUT2D eigenvalue weighted by Crippen LogP contribution is 2.38. The molecule has 1 aliphatic rings. The van der Waals surface area contributed by atoms with Crippen molar-refractivity contribution in [3.63, 3.8) is 0 Å². The topological polar surface area (TPSA) is 118 Å². The van der Waals surface area contributed by atoms with Crippen LogP contribution in [0.2, 0.25) is 0 Å². The van der Waals surface area contributed by atoms with Gasteiger partial charge < -0.3 is 18.6 Å². The van der Waals surface area contributed by atoms with E-state index in [2.05, 4.69) is 9.97 Å². The first-order valence-electron chi connectivity index (χ1n) is 13.8. The standard InChI is InChI=1S/C31H32N4O6S2/c1-7-9-22-26(29(37)40-8-2)27(21-15-19(38-5)10-12-23(21)39-6)35-28(36)24(42-31(35)34-22)16-20-11-13-25(41-20)43-30-32-17(3)14-18(4)33-30/h10-16,27H,7-9H2,1-6H3/b24-16-/t27-/m0/s1. The average molecular weight is 621 g/mol. The SMILES string of the molecule is CCCC1=C(C(=O)OCC)[C@H](c2cc(OC)ccc2OC)n2c(s/c(=C\c3ccc(Sc4nc(C)cc(C)n4)o3)c2=O)=N1. The van der Waals surface area contributed by atoms with E-state index in [0.29, 0.717) is 60.1 Å². The summed E-state index contributed by atoms with van der Waals surface area (Å²) in [5.41, 5.74) is 2.89. The van der Waals surface area contributed by atoms with Crippen LogP contribution < -0.4 is 24.4 Å². The summed E-state index contributed by atoms with van der Waals surface area (Å²) < 4.78 is 24.6. The molecule has 5 rings (SSSR count). The lowest BCUT2D eigenvalue weighted by Crippen LogP contribution is -2.40. The summed E-state index contributed by atoms with van der Waals surface area (Å²) in [6.45, 7) is 7.77. The van der Waals surface area contributed by atoms with Crippen LogP contribution in [0.3, 0.4) is 0 Å². The van der Waals surface area contributed by atoms with E-state index in [4.69, 9.17) is 23.6 Å². The molecule has 12 heteroatoms. The normalized spacial score (nSPS) is 14.8. The molecule has 1 atom stereocenters. The van der Waals surface area contributed by atoms with Gasteiger partial charge in [-0.1, -0.05) is 24.7 Å². The second kappa shape index (κ2) is 13.0. The summed E-state index contributed by atoms with van der Waals surface area (Å²) in [5, 5.41) is 1.18. The molecule has 0 aliphatic carbocycles. The molecular formula is C31H32N4O6S2. The number of aryl methyl sites for hydroxylation is 2. The molecule has 0 radical (unpaired) electrons. The molecule has 10 nitrogen and oxygen atoms in total. The van der Waals surface area contributed by atoms with Crippen molar-refractivity contribution < 1.29 is 23.4 Å². The van der Waals surface area contributed by atoms with Gasteiger partial charge in [0.25, 0.3) is 5.56 Å². The number of carbonyl (C=O) groups excluding carboxylic acids is 1. The van der Waals surface area contributed by atoms with Crippen molar-refractivity contribution in [2.24, 2.45) is 4.99 Å². The van der Waals surface area contributed by atoms with Gasteiger partial charge in [-0.2, -0.15) is 0 Å². The third-order valence-electron chi connectivity index (χ3n) is 6.65. The Morgan fingerprint density at radius 1 is 1.09 bits per heavy atom. The van der Waals surface area contributed by atoms with Crippen molar-refractivity contribution in [3.05, 3.63) is 90.1 Å². The lowest BCUT2D eigenvalue weighted by molar-refractivity contribution is -0.139. The first-order valence-corrected chi connectivity index (χ1v) is 15.4. The van der Waals surface area contributed by atoms with Gasteiger partial charge in [0.15, 0.2) is 15.1 Å². The van der Waals surface area contributed by atoms with Gasteiger partial charge in [0.2, 0.25) is 0 Å². The molecule has 0 amide bonds. The van der Waals surface area contributed by atoms with Crippen LogP contribution in [0.1, 0.15) is 55.4 Å². The molecule has 43 heavy (non-hydrogen) atoms. The summed E-state index contributed by atoms with van der Waals surface area (Å²) in [4.78, 5) is 41.8. The van der Waals surface area contributed by atoms with Crippen LogP contribution >= 0.6 is 23.1 Å². The highest BCUT2D eigenvalue weighted by atomic mass is 32.2. The maximum atomic E-state index is 14.1. The summed E-state index contributed by atoms with van der Waals surface area (Å²) in [5.74, 6) is 1.02. The number of carbonyl (C=O) groups is 1. The minimum Gasteiger partial charge on any atom is -0.497 e. The number of benzene rings is 1. The fraction of sp³-hybridized carbons (Fsp3) is 0.323. The van der Waals surface area contributed by atoms with E-state index in [9.17, 15) is 9.59 Å². The number of furan rings is 1. The van der Waals surface area contributed by atoms with Crippen LogP contribution in [0.4, 0.5) is 0 Å². The molecular weight excluding hydrogens is 588 g/mol. The lowest BCUT2D eigenvalue weighted by atomic mass is 9.93. The number of methoxy groups -OCH3 is 2. The van der Waals surface area contributed by atoms with Gasteiger partial charge in [0.05, 0.1) is 36.6 Å². The zero-order valence-corrected chi connectivity index (χ0v) is 26.4. The summed E-state index contributed by atoms with van der Waals surface area (Å²) in [7, 11) is 3.11. The van der Waals surface area contributed by atoms with E-state index in [1.807, 2.05) is 32.9 Å². The predicted octanol–water partition coefficient (Wildman–Crippen LogP) is 4.75. The lowest BCUT2D eigenvalue weighted by Gasteiger charge is -2.27. The van der Waals surface area contributed by atoms with Crippen LogP contribution in [0.5, 0.6) is 11.5 Å². The van der Waals surface area contributed by atoms with Crippen LogP contribution in [-0.4, -0.2) is 41.3 Å². The minimum absolute atomic E-state index is 0.181. The van der Waals surface area contributed by atoms with Crippen molar-refractivity contribution in [3.8, 4) is 11.5 Å². The number of rotatable bonds is 10. The zero-order valence-electron chi connectivity index (χ0n) is 24.8. The molecule has 0 saturated carbocycles. The molecule has 3 aromatic heterocycles. The molecule has 0 saturated heterocycles. The van der Waals surface area contributed by atoms with Gasteiger partial charge in [-0.25, -0.2) is 19.8 Å². The number of esters is 1. The maximum Gasteiger partial charge on any atom is 0.338 e. The summed E-state index contributed by atoms with van der Waals surface area (Å²) >= 11 is 2.54. The van der Waals surface area contributed by atoms with E-state index in [0.717, 1.165) is 17.8 Å². The first-order chi connectivity index (χ1) is 20.8. The molecule has 0 fully saturated rings. The Morgan fingerprint density at radius 2 is 1.86 bits per heavy atom. The third kappa shape index (κ3) is 6.30. The smallest absolute Gasteiger partial charge is 0.338 e. The van der Waals surface area contributed by atoms with Gasteiger partial charge in [-0.15, -0.1) is 0 Å². The minimum atomic E-state index is -0.839. The number of allylic oxidation sites excluding steroid dienone is 1. The number of thiazole rings is 1. The fourth-order valence-electron chi connectivity index (χ4n) is 4.89. The Morgan fingerprint density at radius 3 is 2.53 bits per heavy atom. The van der Waals surface area contributed by atoms with Gasteiger partial charge >= 0.3 is 5.97 Å². The van der Waals surface area contributed by atoms with E-state index in [-0.39, 0.29) is 12.2 Å². The molecule has 4 aromatic rings. The molecule has 1 aliphatic heterocycles. The van der Waals surface area contributed by atoms with Gasteiger partial charge in [-0.3, -0.25) is 9.36 Å². The second-order valence-corrected chi connectivity index (χ2v) is 11.7. The molecule has 224 valence electrons. The Labute approximate surface area is 256 Å². The Bertz CT molecular complexity index is 1870. The van der Waals surface area contributed by atoms with E-state index in [1.54, 1.807) is 51.5 Å². The summed E-state index contributed by atoms with van der Waals surface area (Å²) in [6.07, 6.45) is 2.96. The second-order valence-electron chi connectivity index (χ2n) is 9.71. The number of ether oxygens (including phenoxy) is 3. The number of hydrogen-bond acceptors (Lipinski definition) is 11. The monoisotopic (exact) mass is 620 g/mol. The predicted molar refractivity (Wildman–Crippen MR) is 164 cm³/mol. The Balaban J connectivity index is 1.66. The maximum absolute atomic E-state index is 14.1. The molecule has 0 N–H and O–H groups in total. The Kier molecular flexibility index (Phi) is 9.16. The molecule has 1 aromatic carbocycles. The first kappa shape index (κ1) is 30.3. The molecule has 0 unspecified atom stereocenters. The molecule has 0 bridgehead atoms. The van der Waals surface area contributed by atoms with Crippen LogP contribution in [0, 0.1) is 13.8 Å². The largest absolute Gasteiger partial charge is 0.497 e. The van der Waals surface area contributed by atoms with Gasteiger partial charge in [-0.05, 0) is 75.4 Å². The van der Waals surface area contributed by atoms with Gasteiger partial charge in [0.1, 0.15) is 23.3 Å². The number of aromatic nitrogens is 3. The van der Waals surface area contributed by atoms with E-state index in [1.165, 1.54) is 27.7 Å². The van der Waals surface area contributed by atoms with E-state index >= 15 is 0 Å². The average Bonchev–Trinajstić information content (AvgIpc) is 3.54. The van der Waals surface area contributed by atoms with E-state index < -0.39 is 12.0 Å². The third-order valence-corrected chi connectivity index (χ3v) is 8.42. The Hall–Kier alpha value is -4.16. The molecule has 0 spiro atoms. The molecule has 4 heterocycles. The van der Waals surface area contributed by atoms with Crippen molar-refractivity contribution >= 4 is 35.1 Å². The van der Waals surface area contributed by atoms with Gasteiger partial charge in [0, 0.05) is 23.0 Å². The number of hydrogen-bond donors (Lipinski definition) is 0. The number of fused-ring (bicyclic) bond motifs is 1. The van der Waals surface area contributed by atoms with Crippen molar-refractivity contribution in [1.29, 1.82) is 0 Å². The highest BCUT2D eigenvalue weighted by Gasteiger charge is 2.36.